The van der Waals surface area contributed by atoms with Gasteiger partial charge in [-0.05, 0) is 37.4 Å². The summed E-state index contributed by atoms with van der Waals surface area (Å²) in [5, 5.41) is 9.77. The second-order valence-corrected chi connectivity index (χ2v) is 8.04. The van der Waals surface area contributed by atoms with Gasteiger partial charge < -0.3 is 10.6 Å². The quantitative estimate of drug-likeness (QED) is 0.864. The summed E-state index contributed by atoms with van der Waals surface area (Å²) in [7, 11) is 0. The van der Waals surface area contributed by atoms with Gasteiger partial charge in [-0.25, -0.2) is 4.98 Å². The van der Waals surface area contributed by atoms with Crippen LogP contribution in [-0.4, -0.2) is 35.5 Å². The maximum atomic E-state index is 12.8. The Morgan fingerprint density at radius 1 is 1.36 bits per heavy atom. The van der Waals surface area contributed by atoms with Crippen molar-refractivity contribution >= 4 is 17.2 Å². The van der Waals surface area contributed by atoms with E-state index in [2.05, 4.69) is 26.0 Å². The zero-order chi connectivity index (χ0) is 17.1. The molecule has 1 saturated heterocycles. The second-order valence-electron chi connectivity index (χ2n) is 7.10. The van der Waals surface area contributed by atoms with Crippen LogP contribution in [0, 0.1) is 11.3 Å². The molecule has 2 fully saturated rings. The zero-order valence-electron chi connectivity index (χ0n) is 14.3. The lowest BCUT2D eigenvalue weighted by atomic mass is 9.67. The van der Waals surface area contributed by atoms with E-state index in [9.17, 15) is 4.79 Å². The third-order valence-corrected chi connectivity index (χ3v) is 6.55. The number of hydrogen-bond acceptors (Lipinski definition) is 5. The molecule has 1 aliphatic heterocycles. The predicted octanol–water partition coefficient (Wildman–Crippen LogP) is 2.64. The van der Waals surface area contributed by atoms with Crippen molar-refractivity contribution in [3.63, 3.8) is 0 Å². The van der Waals surface area contributed by atoms with Crippen molar-refractivity contribution in [3.8, 4) is 11.3 Å². The zero-order valence-corrected chi connectivity index (χ0v) is 15.1. The summed E-state index contributed by atoms with van der Waals surface area (Å²) in [6.07, 6.45) is 9.00. The average molecular weight is 356 g/mol. The molecule has 1 amide bonds. The van der Waals surface area contributed by atoms with Gasteiger partial charge in [-0.3, -0.25) is 9.78 Å². The molecule has 1 aliphatic carbocycles. The first-order chi connectivity index (χ1) is 12.3. The Morgan fingerprint density at radius 3 is 3.12 bits per heavy atom. The van der Waals surface area contributed by atoms with Crippen LogP contribution >= 0.6 is 11.3 Å². The van der Waals surface area contributed by atoms with Crippen LogP contribution in [-0.2, 0) is 11.2 Å². The van der Waals surface area contributed by atoms with Gasteiger partial charge in [0.2, 0.25) is 5.91 Å². The molecular weight excluding hydrogens is 332 g/mol. The molecule has 0 bridgehead atoms. The third-order valence-electron chi connectivity index (χ3n) is 5.64. The molecule has 2 aromatic rings. The standard InChI is InChI=1S/C19H24N4OS/c24-18(19-7-2-1-3-15(19)11-21-13-19)22-10-6-17-23-16(12-25-17)14-4-8-20-9-5-14/h4-5,8-9,12,15,21H,1-3,6-7,10-11,13H2,(H,22,24)/t15-,19+/m0/s1. The predicted molar refractivity (Wildman–Crippen MR) is 99.3 cm³/mol. The van der Waals surface area contributed by atoms with E-state index in [0.29, 0.717) is 12.5 Å². The van der Waals surface area contributed by atoms with Crippen LogP contribution in [0.3, 0.4) is 0 Å². The Bertz CT molecular complexity index is 732. The first kappa shape index (κ1) is 16.7. The Balaban J connectivity index is 1.34. The minimum Gasteiger partial charge on any atom is -0.355 e. The van der Waals surface area contributed by atoms with E-state index in [-0.39, 0.29) is 11.3 Å². The summed E-state index contributed by atoms with van der Waals surface area (Å²) < 4.78 is 0. The lowest BCUT2D eigenvalue weighted by molar-refractivity contribution is -0.133. The molecule has 4 rings (SSSR count). The highest BCUT2D eigenvalue weighted by molar-refractivity contribution is 7.09. The second kappa shape index (κ2) is 7.22. The molecule has 1 saturated carbocycles. The van der Waals surface area contributed by atoms with Gasteiger partial charge in [-0.15, -0.1) is 11.3 Å². The van der Waals surface area contributed by atoms with Gasteiger partial charge in [0.05, 0.1) is 16.1 Å². The van der Waals surface area contributed by atoms with Crippen molar-refractivity contribution in [2.45, 2.75) is 32.1 Å². The Hall–Kier alpha value is -1.79. The number of nitrogens with one attached hydrogen (secondary N) is 2. The van der Waals surface area contributed by atoms with E-state index in [0.717, 1.165) is 42.2 Å². The van der Waals surface area contributed by atoms with Gasteiger partial charge in [0.1, 0.15) is 0 Å². The minimum absolute atomic E-state index is 0.163. The number of amides is 1. The van der Waals surface area contributed by atoms with Crippen LogP contribution in [0.1, 0.15) is 30.7 Å². The highest BCUT2D eigenvalue weighted by Gasteiger charge is 2.49. The number of nitrogens with zero attached hydrogens (tertiary/aromatic N) is 2. The number of aromatic nitrogens is 2. The molecule has 2 aromatic heterocycles. The summed E-state index contributed by atoms with van der Waals surface area (Å²) in [5.41, 5.74) is 1.91. The molecule has 0 unspecified atom stereocenters. The van der Waals surface area contributed by atoms with Crippen molar-refractivity contribution < 1.29 is 4.79 Å². The highest BCUT2D eigenvalue weighted by Crippen LogP contribution is 2.43. The van der Waals surface area contributed by atoms with Crippen LogP contribution in [0.5, 0.6) is 0 Å². The van der Waals surface area contributed by atoms with E-state index >= 15 is 0 Å². The van der Waals surface area contributed by atoms with E-state index in [1.165, 1.54) is 19.3 Å². The lowest BCUT2D eigenvalue weighted by Crippen LogP contribution is -2.48. The summed E-state index contributed by atoms with van der Waals surface area (Å²) in [4.78, 5) is 21.6. The number of hydrogen-bond donors (Lipinski definition) is 2. The largest absolute Gasteiger partial charge is 0.355 e. The summed E-state index contributed by atoms with van der Waals surface area (Å²) >= 11 is 1.65. The van der Waals surface area contributed by atoms with Crippen molar-refractivity contribution in [2.75, 3.05) is 19.6 Å². The van der Waals surface area contributed by atoms with Gasteiger partial charge in [-0.2, -0.15) is 0 Å². The maximum Gasteiger partial charge on any atom is 0.227 e. The number of rotatable bonds is 5. The molecule has 25 heavy (non-hydrogen) atoms. The Labute approximate surface area is 152 Å². The molecule has 2 N–H and O–H groups in total. The van der Waals surface area contributed by atoms with Crippen molar-refractivity contribution in [1.29, 1.82) is 0 Å². The molecular formula is C19H24N4OS. The van der Waals surface area contributed by atoms with Gasteiger partial charge in [0, 0.05) is 42.8 Å². The fraction of sp³-hybridized carbons (Fsp3) is 0.526. The third kappa shape index (κ3) is 3.33. The number of carbonyl (C=O) groups excluding carboxylic acids is 1. The van der Waals surface area contributed by atoms with Crippen LogP contribution < -0.4 is 10.6 Å². The van der Waals surface area contributed by atoms with Gasteiger partial charge in [0.15, 0.2) is 0 Å². The van der Waals surface area contributed by atoms with E-state index < -0.39 is 0 Å². The van der Waals surface area contributed by atoms with E-state index in [1.54, 1.807) is 23.7 Å². The number of thiazole rings is 1. The molecule has 3 heterocycles. The molecule has 2 aliphatic rings. The Morgan fingerprint density at radius 2 is 2.24 bits per heavy atom. The van der Waals surface area contributed by atoms with E-state index in [4.69, 9.17) is 0 Å². The first-order valence-electron chi connectivity index (χ1n) is 9.12. The lowest BCUT2D eigenvalue weighted by Gasteiger charge is -2.37. The monoisotopic (exact) mass is 356 g/mol. The smallest absolute Gasteiger partial charge is 0.227 e. The topological polar surface area (TPSA) is 66.9 Å². The fourth-order valence-electron chi connectivity index (χ4n) is 4.23. The normalized spacial score (nSPS) is 25.5. The summed E-state index contributed by atoms with van der Waals surface area (Å²) in [5.74, 6) is 0.757. The van der Waals surface area contributed by atoms with E-state index in [1.807, 2.05) is 12.1 Å². The SMILES string of the molecule is O=C(NCCc1nc(-c2ccncc2)cs1)[C@@]12CCCC[C@H]1CNC2. The molecule has 132 valence electrons. The summed E-state index contributed by atoms with van der Waals surface area (Å²) in [6, 6.07) is 3.94. The van der Waals surface area contributed by atoms with Gasteiger partial charge >= 0.3 is 0 Å². The molecule has 0 aromatic carbocycles. The van der Waals surface area contributed by atoms with Gasteiger partial charge in [-0.1, -0.05) is 12.8 Å². The van der Waals surface area contributed by atoms with Gasteiger partial charge in [0.25, 0.3) is 0 Å². The fourth-order valence-corrected chi connectivity index (χ4v) is 5.04. The highest BCUT2D eigenvalue weighted by atomic mass is 32.1. The van der Waals surface area contributed by atoms with Crippen molar-refractivity contribution in [3.05, 3.63) is 34.9 Å². The van der Waals surface area contributed by atoms with Crippen molar-refractivity contribution in [2.24, 2.45) is 11.3 Å². The molecule has 5 nitrogen and oxygen atoms in total. The first-order valence-corrected chi connectivity index (χ1v) is 10.00. The Kier molecular flexibility index (Phi) is 4.81. The number of fused-ring (bicyclic) bond motifs is 1. The molecule has 0 radical (unpaired) electrons. The van der Waals surface area contributed by atoms with Crippen LogP contribution in [0.15, 0.2) is 29.9 Å². The van der Waals surface area contributed by atoms with Crippen molar-refractivity contribution in [1.82, 2.24) is 20.6 Å². The molecule has 6 heteroatoms. The number of pyridine rings is 1. The van der Waals surface area contributed by atoms with Crippen LogP contribution in [0.25, 0.3) is 11.3 Å². The summed E-state index contributed by atoms with van der Waals surface area (Å²) in [6.45, 7) is 2.50. The van der Waals surface area contributed by atoms with Crippen LogP contribution in [0.4, 0.5) is 0 Å². The van der Waals surface area contributed by atoms with Crippen LogP contribution in [0.2, 0.25) is 0 Å². The molecule has 2 atom stereocenters. The minimum atomic E-state index is -0.163. The number of carbonyl (C=O) groups is 1. The average Bonchev–Trinajstić information content (AvgIpc) is 3.30. The molecule has 0 spiro atoms. The maximum absolute atomic E-state index is 12.8.